The molecule has 184 valence electrons. The molecule has 11 heteroatoms. The van der Waals surface area contributed by atoms with Crippen LogP contribution in [0.5, 0.6) is 5.75 Å². The van der Waals surface area contributed by atoms with Gasteiger partial charge in [0.2, 0.25) is 5.95 Å². The second-order valence-electron chi connectivity index (χ2n) is 9.48. The average Bonchev–Trinajstić information content (AvgIpc) is 3.54. The van der Waals surface area contributed by atoms with E-state index in [0.717, 1.165) is 51.1 Å². The molecule has 2 aliphatic rings. The van der Waals surface area contributed by atoms with E-state index in [1.807, 2.05) is 6.20 Å². The molecule has 0 unspecified atom stereocenters. The Morgan fingerprint density at radius 2 is 1.97 bits per heavy atom. The molecule has 0 bridgehead atoms. The van der Waals surface area contributed by atoms with Gasteiger partial charge in [0.15, 0.2) is 23.0 Å². The smallest absolute Gasteiger partial charge is 0.223 e. The number of nitrogens with two attached hydrogens (primary N) is 1. The number of halogens is 1. The summed E-state index contributed by atoms with van der Waals surface area (Å²) in [5.74, 6) is 0.647. The Kier molecular flexibility index (Phi) is 5.43. The molecule has 0 amide bonds. The number of fused-ring (bicyclic) bond motifs is 3. The standard InChI is InChI=1S/C24H29FN8O2/c1-14-3-4-15(12-31(14)17-11-27-32(13-17)16-5-7-35-8-6-16)22-29-23-18-9-19(25)21(34-2)10-20(18)28-24(26)33(23)30-22/h9-11,13-16H,3-8,12H2,1-2H3,(H2,26,28)/t14-,15+/m0/s1. The molecule has 2 aliphatic heterocycles. The molecule has 5 heterocycles. The van der Waals surface area contributed by atoms with Crippen LogP contribution in [0.3, 0.4) is 0 Å². The summed E-state index contributed by atoms with van der Waals surface area (Å²) < 4.78 is 28.6. The SMILES string of the molecule is COc1cc2nc(N)n3nc([C@@H]4CC[C@H](C)N(c5cnn(C6CCOCC6)c5)C4)nc3c2cc1F. The van der Waals surface area contributed by atoms with Crippen molar-refractivity contribution >= 4 is 28.2 Å². The van der Waals surface area contributed by atoms with Crippen LogP contribution >= 0.6 is 0 Å². The number of aromatic nitrogens is 6. The fourth-order valence-corrected chi connectivity index (χ4v) is 5.28. The van der Waals surface area contributed by atoms with E-state index in [9.17, 15) is 4.39 Å². The van der Waals surface area contributed by atoms with Crippen molar-refractivity contribution in [2.24, 2.45) is 0 Å². The highest BCUT2D eigenvalue weighted by molar-refractivity contribution is 5.93. The van der Waals surface area contributed by atoms with E-state index in [1.165, 1.54) is 23.8 Å². The van der Waals surface area contributed by atoms with Crippen molar-refractivity contribution in [2.45, 2.75) is 50.6 Å². The third-order valence-electron chi connectivity index (χ3n) is 7.32. The molecular weight excluding hydrogens is 451 g/mol. The monoisotopic (exact) mass is 480 g/mol. The van der Waals surface area contributed by atoms with Gasteiger partial charge >= 0.3 is 0 Å². The third-order valence-corrected chi connectivity index (χ3v) is 7.32. The van der Waals surface area contributed by atoms with Crippen molar-refractivity contribution in [3.63, 3.8) is 0 Å². The number of rotatable bonds is 4. The molecule has 2 atom stereocenters. The summed E-state index contributed by atoms with van der Waals surface area (Å²) in [6, 6.07) is 3.69. The maximum Gasteiger partial charge on any atom is 0.223 e. The van der Waals surface area contributed by atoms with Gasteiger partial charge in [-0.15, -0.1) is 5.10 Å². The van der Waals surface area contributed by atoms with Crippen LogP contribution in [0.15, 0.2) is 24.5 Å². The first-order valence-electron chi connectivity index (χ1n) is 12.1. The number of methoxy groups -OCH3 is 1. The van der Waals surface area contributed by atoms with Crippen LogP contribution in [0.25, 0.3) is 16.6 Å². The van der Waals surface area contributed by atoms with Gasteiger partial charge in [0.25, 0.3) is 0 Å². The second kappa shape index (κ2) is 8.63. The summed E-state index contributed by atoms with van der Waals surface area (Å²) in [5.41, 5.74) is 8.32. The maximum absolute atomic E-state index is 14.5. The van der Waals surface area contributed by atoms with Crippen LogP contribution in [0.2, 0.25) is 0 Å². The number of hydrogen-bond donors (Lipinski definition) is 1. The van der Waals surface area contributed by atoms with Crippen LogP contribution in [0.1, 0.15) is 50.4 Å². The lowest BCUT2D eigenvalue weighted by Crippen LogP contribution is -2.41. The van der Waals surface area contributed by atoms with Crippen molar-refractivity contribution < 1.29 is 13.9 Å². The number of ether oxygens (including phenoxy) is 2. The minimum atomic E-state index is -0.475. The van der Waals surface area contributed by atoms with E-state index in [1.54, 1.807) is 0 Å². The van der Waals surface area contributed by atoms with Crippen molar-refractivity contribution in [1.29, 1.82) is 0 Å². The molecule has 2 saturated heterocycles. The van der Waals surface area contributed by atoms with E-state index >= 15 is 0 Å². The van der Waals surface area contributed by atoms with Gasteiger partial charge in [-0.2, -0.15) is 9.61 Å². The largest absolute Gasteiger partial charge is 0.494 e. The summed E-state index contributed by atoms with van der Waals surface area (Å²) in [6.07, 6.45) is 8.04. The summed E-state index contributed by atoms with van der Waals surface area (Å²) in [4.78, 5) is 11.6. The number of piperidine rings is 1. The lowest BCUT2D eigenvalue weighted by atomic mass is 9.92. The van der Waals surface area contributed by atoms with E-state index in [4.69, 9.17) is 25.3 Å². The third kappa shape index (κ3) is 3.83. The molecule has 1 aromatic carbocycles. The minimum Gasteiger partial charge on any atom is -0.494 e. The average molecular weight is 481 g/mol. The van der Waals surface area contributed by atoms with E-state index in [-0.39, 0.29) is 17.6 Å². The molecule has 35 heavy (non-hydrogen) atoms. The number of anilines is 2. The number of nitrogen functional groups attached to an aromatic ring is 1. The molecular formula is C24H29FN8O2. The molecule has 0 aliphatic carbocycles. The molecule has 0 radical (unpaired) electrons. The summed E-state index contributed by atoms with van der Waals surface area (Å²) in [6.45, 7) is 4.57. The number of nitrogens with zero attached hydrogens (tertiary/aromatic N) is 7. The molecule has 2 N–H and O–H groups in total. The van der Waals surface area contributed by atoms with Gasteiger partial charge in [-0.05, 0) is 38.7 Å². The summed E-state index contributed by atoms with van der Waals surface area (Å²) in [7, 11) is 1.42. The van der Waals surface area contributed by atoms with Crippen LogP contribution in [-0.2, 0) is 4.74 Å². The first-order chi connectivity index (χ1) is 17.0. The summed E-state index contributed by atoms with van der Waals surface area (Å²) in [5, 5.41) is 9.91. The van der Waals surface area contributed by atoms with Gasteiger partial charge in [0, 0.05) is 49.4 Å². The number of benzene rings is 1. The van der Waals surface area contributed by atoms with Crippen LogP contribution in [0, 0.1) is 5.82 Å². The highest BCUT2D eigenvalue weighted by atomic mass is 19.1. The van der Waals surface area contributed by atoms with Crippen molar-refractivity contribution in [1.82, 2.24) is 29.4 Å². The topological polar surface area (TPSA) is 109 Å². The lowest BCUT2D eigenvalue weighted by molar-refractivity contribution is 0.0662. The van der Waals surface area contributed by atoms with Crippen molar-refractivity contribution in [2.75, 3.05) is 37.5 Å². The second-order valence-corrected chi connectivity index (χ2v) is 9.48. The van der Waals surface area contributed by atoms with Gasteiger partial charge < -0.3 is 20.1 Å². The Morgan fingerprint density at radius 3 is 2.77 bits per heavy atom. The molecule has 0 spiro atoms. The van der Waals surface area contributed by atoms with Gasteiger partial charge in [-0.25, -0.2) is 14.4 Å². The first-order valence-corrected chi connectivity index (χ1v) is 12.1. The Balaban J connectivity index is 1.31. The molecule has 3 aromatic heterocycles. The number of hydrogen-bond acceptors (Lipinski definition) is 8. The maximum atomic E-state index is 14.5. The quantitative estimate of drug-likeness (QED) is 0.474. The van der Waals surface area contributed by atoms with Crippen LogP contribution in [0.4, 0.5) is 16.0 Å². The minimum absolute atomic E-state index is 0.107. The van der Waals surface area contributed by atoms with Crippen LogP contribution in [-0.4, -0.2) is 62.3 Å². The fourth-order valence-electron chi connectivity index (χ4n) is 5.28. The van der Waals surface area contributed by atoms with Crippen molar-refractivity contribution in [3.8, 4) is 5.75 Å². The van der Waals surface area contributed by atoms with Gasteiger partial charge in [-0.1, -0.05) is 0 Å². The molecule has 10 nitrogen and oxygen atoms in total. The molecule has 4 aromatic rings. The highest BCUT2D eigenvalue weighted by Gasteiger charge is 2.31. The van der Waals surface area contributed by atoms with Gasteiger partial charge in [0.05, 0.1) is 30.6 Å². The Hall–Kier alpha value is -3.47. The summed E-state index contributed by atoms with van der Waals surface area (Å²) >= 11 is 0. The molecule has 2 fully saturated rings. The van der Waals surface area contributed by atoms with Gasteiger partial charge in [0.1, 0.15) is 0 Å². The van der Waals surface area contributed by atoms with Crippen molar-refractivity contribution in [3.05, 3.63) is 36.2 Å². The predicted octanol–water partition coefficient (Wildman–Crippen LogP) is 3.33. The Labute approximate surface area is 201 Å². The zero-order valence-corrected chi connectivity index (χ0v) is 19.9. The van der Waals surface area contributed by atoms with Gasteiger partial charge in [-0.3, -0.25) is 4.68 Å². The molecule has 6 rings (SSSR count). The van der Waals surface area contributed by atoms with E-state index in [0.29, 0.717) is 34.5 Å². The van der Waals surface area contributed by atoms with E-state index in [2.05, 4.69) is 32.8 Å². The predicted molar refractivity (Wildman–Crippen MR) is 129 cm³/mol. The Bertz CT molecular complexity index is 1380. The highest BCUT2D eigenvalue weighted by Crippen LogP contribution is 2.34. The fraction of sp³-hybridized carbons (Fsp3) is 0.500. The normalized spacial score (nSPS) is 21.7. The Morgan fingerprint density at radius 1 is 1.14 bits per heavy atom. The first kappa shape index (κ1) is 22.0. The zero-order chi connectivity index (χ0) is 24.1. The zero-order valence-electron chi connectivity index (χ0n) is 19.9. The van der Waals surface area contributed by atoms with Crippen LogP contribution < -0.4 is 15.4 Å². The lowest BCUT2D eigenvalue weighted by Gasteiger charge is -2.38. The molecule has 0 saturated carbocycles. The van der Waals surface area contributed by atoms with E-state index < -0.39 is 5.82 Å².